The maximum absolute atomic E-state index is 12.9. The Labute approximate surface area is 213 Å². The van der Waals surface area contributed by atoms with E-state index in [0.717, 1.165) is 11.1 Å². The van der Waals surface area contributed by atoms with Crippen molar-refractivity contribution in [3.8, 4) is 17.5 Å². The second-order valence-electron chi connectivity index (χ2n) is 9.17. The summed E-state index contributed by atoms with van der Waals surface area (Å²) in [7, 11) is 0. The van der Waals surface area contributed by atoms with E-state index in [1.54, 1.807) is 60.7 Å². The number of amides is 1. The Morgan fingerprint density at radius 3 is 2.39 bits per heavy atom. The lowest BCUT2D eigenvalue weighted by atomic mass is 9.92. The number of rotatable bonds is 7. The molecule has 182 valence electrons. The first kappa shape index (κ1) is 25.0. The van der Waals surface area contributed by atoms with Crippen molar-refractivity contribution in [2.24, 2.45) is 0 Å². The van der Waals surface area contributed by atoms with Crippen molar-refractivity contribution in [2.45, 2.75) is 38.6 Å². The SMILES string of the molecule is CC(C)c1cc(C#N)cc2nc(-c3ccc(C(=O)NC(C)(Cc4ccc(Cl)cc4)C(=O)O)cc3)oc12. The summed E-state index contributed by atoms with van der Waals surface area (Å²) in [6.45, 7) is 5.50. The van der Waals surface area contributed by atoms with E-state index in [-0.39, 0.29) is 12.3 Å². The number of hydrogen-bond donors (Lipinski definition) is 2. The smallest absolute Gasteiger partial charge is 0.329 e. The third-order valence-electron chi connectivity index (χ3n) is 6.00. The van der Waals surface area contributed by atoms with Gasteiger partial charge in [0.25, 0.3) is 5.91 Å². The number of nitrogens with one attached hydrogen (secondary N) is 1. The van der Waals surface area contributed by atoms with Crippen molar-refractivity contribution in [2.75, 3.05) is 0 Å². The molecule has 1 amide bonds. The molecular formula is C28H24ClN3O4. The maximum atomic E-state index is 12.9. The highest BCUT2D eigenvalue weighted by molar-refractivity contribution is 6.30. The van der Waals surface area contributed by atoms with Crippen LogP contribution in [0.5, 0.6) is 0 Å². The van der Waals surface area contributed by atoms with Crippen LogP contribution in [0.25, 0.3) is 22.6 Å². The van der Waals surface area contributed by atoms with Crippen LogP contribution in [0.4, 0.5) is 0 Å². The number of nitriles is 1. The van der Waals surface area contributed by atoms with Gasteiger partial charge >= 0.3 is 5.97 Å². The number of hydrogen-bond acceptors (Lipinski definition) is 5. The fraction of sp³-hybridized carbons (Fsp3) is 0.214. The lowest BCUT2D eigenvalue weighted by Crippen LogP contribution is -2.53. The molecule has 0 bridgehead atoms. The van der Waals surface area contributed by atoms with E-state index in [2.05, 4.69) is 16.4 Å². The Kier molecular flexibility index (Phi) is 6.82. The molecule has 0 fully saturated rings. The molecule has 0 aliphatic carbocycles. The average Bonchev–Trinajstić information content (AvgIpc) is 3.28. The second-order valence-corrected chi connectivity index (χ2v) is 9.61. The average molecular weight is 502 g/mol. The molecule has 3 aromatic carbocycles. The lowest BCUT2D eigenvalue weighted by Gasteiger charge is -2.26. The van der Waals surface area contributed by atoms with E-state index in [9.17, 15) is 20.0 Å². The molecule has 0 saturated carbocycles. The molecular weight excluding hydrogens is 478 g/mol. The molecule has 0 aliphatic rings. The van der Waals surface area contributed by atoms with Gasteiger partial charge < -0.3 is 14.8 Å². The standard InChI is InChI=1S/C28H24ClN3O4/c1-16(2)22-12-18(15-30)13-23-24(22)36-26(31-23)20-8-6-19(7-9-20)25(33)32-28(3,27(34)35)14-17-4-10-21(29)11-5-17/h4-13,16H,14H2,1-3H3,(H,32,33)(H,34,35). The van der Waals surface area contributed by atoms with Gasteiger partial charge in [-0.25, -0.2) is 9.78 Å². The third-order valence-corrected chi connectivity index (χ3v) is 6.25. The van der Waals surface area contributed by atoms with Crippen LogP contribution in [0.15, 0.2) is 65.1 Å². The Bertz CT molecular complexity index is 1480. The molecule has 2 N–H and O–H groups in total. The van der Waals surface area contributed by atoms with Gasteiger partial charge in [-0.1, -0.05) is 37.6 Å². The van der Waals surface area contributed by atoms with Crippen LogP contribution in [0.3, 0.4) is 0 Å². The molecule has 4 rings (SSSR count). The molecule has 7 nitrogen and oxygen atoms in total. The molecule has 1 aromatic heterocycles. The van der Waals surface area contributed by atoms with Crippen LogP contribution < -0.4 is 5.32 Å². The van der Waals surface area contributed by atoms with Gasteiger partial charge in [-0.2, -0.15) is 5.26 Å². The third kappa shape index (κ3) is 5.09. The van der Waals surface area contributed by atoms with E-state index < -0.39 is 17.4 Å². The molecule has 4 aromatic rings. The molecule has 8 heteroatoms. The van der Waals surface area contributed by atoms with Crippen molar-refractivity contribution in [1.29, 1.82) is 5.26 Å². The summed E-state index contributed by atoms with van der Waals surface area (Å²) in [5.41, 5.74) is 2.79. The summed E-state index contributed by atoms with van der Waals surface area (Å²) in [6, 6.07) is 19.0. The molecule has 1 unspecified atom stereocenters. The van der Waals surface area contributed by atoms with Crippen LogP contribution in [0.2, 0.25) is 5.02 Å². The van der Waals surface area contributed by atoms with Crippen LogP contribution >= 0.6 is 11.6 Å². The predicted molar refractivity (Wildman–Crippen MR) is 137 cm³/mol. The van der Waals surface area contributed by atoms with Gasteiger partial charge in [-0.3, -0.25) is 4.79 Å². The van der Waals surface area contributed by atoms with Gasteiger partial charge in [0.1, 0.15) is 11.1 Å². The van der Waals surface area contributed by atoms with Crippen LogP contribution in [-0.4, -0.2) is 27.5 Å². The van der Waals surface area contributed by atoms with Gasteiger partial charge in [0, 0.05) is 28.1 Å². The van der Waals surface area contributed by atoms with Crippen LogP contribution in [0, 0.1) is 11.3 Å². The Morgan fingerprint density at radius 1 is 1.14 bits per heavy atom. The first-order chi connectivity index (χ1) is 17.1. The maximum Gasteiger partial charge on any atom is 0.329 e. The minimum Gasteiger partial charge on any atom is -0.480 e. The van der Waals surface area contributed by atoms with Crippen molar-refractivity contribution < 1.29 is 19.1 Å². The van der Waals surface area contributed by atoms with E-state index in [1.807, 2.05) is 13.8 Å². The van der Waals surface area contributed by atoms with Crippen molar-refractivity contribution >= 4 is 34.6 Å². The Balaban J connectivity index is 1.57. The number of carboxylic acid groups (broad SMARTS) is 1. The number of carbonyl (C=O) groups excluding carboxylic acids is 1. The number of aromatic nitrogens is 1. The van der Waals surface area contributed by atoms with E-state index in [4.69, 9.17) is 16.0 Å². The molecule has 1 heterocycles. The molecule has 36 heavy (non-hydrogen) atoms. The number of aliphatic carboxylic acids is 1. The zero-order valence-corrected chi connectivity index (χ0v) is 20.8. The number of carbonyl (C=O) groups is 2. The molecule has 0 aliphatic heterocycles. The summed E-state index contributed by atoms with van der Waals surface area (Å²) < 4.78 is 6.03. The normalized spacial score (nSPS) is 12.8. The van der Waals surface area contributed by atoms with Gasteiger partial charge in [-0.15, -0.1) is 0 Å². The van der Waals surface area contributed by atoms with Gasteiger partial charge in [0.15, 0.2) is 5.58 Å². The molecule has 1 atom stereocenters. The monoisotopic (exact) mass is 501 g/mol. The van der Waals surface area contributed by atoms with Crippen LogP contribution in [0.1, 0.15) is 53.7 Å². The largest absolute Gasteiger partial charge is 0.480 e. The minimum atomic E-state index is -1.52. The number of oxazole rings is 1. The topological polar surface area (TPSA) is 116 Å². The quantitative estimate of drug-likeness (QED) is 0.323. The highest BCUT2D eigenvalue weighted by Gasteiger charge is 2.35. The van der Waals surface area contributed by atoms with Crippen molar-refractivity contribution in [3.05, 3.63) is 87.9 Å². The number of carboxylic acids is 1. The Morgan fingerprint density at radius 2 is 1.81 bits per heavy atom. The highest BCUT2D eigenvalue weighted by Crippen LogP contribution is 2.31. The summed E-state index contributed by atoms with van der Waals surface area (Å²) in [6.07, 6.45) is 0.0924. The zero-order chi connectivity index (χ0) is 26.0. The van der Waals surface area contributed by atoms with E-state index in [0.29, 0.717) is 38.7 Å². The molecule has 0 radical (unpaired) electrons. The summed E-state index contributed by atoms with van der Waals surface area (Å²) >= 11 is 5.91. The minimum absolute atomic E-state index is 0.0924. The predicted octanol–water partition coefficient (Wildman–Crippen LogP) is 5.96. The summed E-state index contributed by atoms with van der Waals surface area (Å²) in [5, 5.41) is 22.3. The highest BCUT2D eigenvalue weighted by atomic mass is 35.5. The summed E-state index contributed by atoms with van der Waals surface area (Å²) in [5.74, 6) is -1.15. The van der Waals surface area contributed by atoms with Gasteiger partial charge in [-0.05, 0) is 66.9 Å². The van der Waals surface area contributed by atoms with Crippen molar-refractivity contribution in [1.82, 2.24) is 10.3 Å². The van der Waals surface area contributed by atoms with E-state index >= 15 is 0 Å². The second kappa shape index (κ2) is 9.84. The molecule has 0 saturated heterocycles. The Hall–Kier alpha value is -4.15. The zero-order valence-electron chi connectivity index (χ0n) is 20.0. The number of nitrogens with zero attached hydrogens (tertiary/aromatic N) is 2. The van der Waals surface area contributed by atoms with Gasteiger partial charge in [0.2, 0.25) is 5.89 Å². The lowest BCUT2D eigenvalue weighted by molar-refractivity contribution is -0.143. The number of fused-ring (bicyclic) bond motifs is 1. The number of benzene rings is 3. The van der Waals surface area contributed by atoms with Gasteiger partial charge in [0.05, 0.1) is 11.6 Å². The van der Waals surface area contributed by atoms with Crippen LogP contribution in [-0.2, 0) is 11.2 Å². The molecule has 0 spiro atoms. The van der Waals surface area contributed by atoms with Crippen molar-refractivity contribution in [3.63, 3.8) is 0 Å². The summed E-state index contributed by atoms with van der Waals surface area (Å²) in [4.78, 5) is 29.5. The first-order valence-electron chi connectivity index (χ1n) is 11.3. The fourth-order valence-corrected chi connectivity index (χ4v) is 4.07. The van der Waals surface area contributed by atoms with E-state index in [1.165, 1.54) is 6.92 Å². The fourth-order valence-electron chi connectivity index (χ4n) is 3.95. The first-order valence-corrected chi connectivity index (χ1v) is 11.7. The number of halogens is 1.